The second-order valence-electron chi connectivity index (χ2n) is 14.1. The molecule has 9 atom stereocenters. The van der Waals surface area contributed by atoms with E-state index in [4.69, 9.17) is 23.8 Å². The fourth-order valence-corrected chi connectivity index (χ4v) is 6.87. The first kappa shape index (κ1) is 41.6. The van der Waals surface area contributed by atoms with Crippen LogP contribution in [0.4, 0.5) is 0 Å². The molecule has 4 N–H and O–H groups in total. The molecule has 0 fully saturated rings. The number of hydrogen-bond acceptors (Lipinski definition) is 14. The predicted octanol–water partition coefficient (Wildman–Crippen LogP) is 3.71. The number of aliphatic hydroxyl groups excluding tert-OH is 2. The van der Waals surface area contributed by atoms with Crippen LogP contribution < -0.4 is 10.1 Å². The Morgan fingerprint density at radius 3 is 2.20 bits per heavy atom. The number of carbonyl (C=O) groups excluding carboxylic acids is 5. The number of fused-ring (bicyclic) bond motifs is 14. The fraction of sp³-hybridized carbons (Fsp3) is 0.487. The van der Waals surface area contributed by atoms with Crippen LogP contribution in [0.15, 0.2) is 53.1 Å². The first-order valence-electron chi connectivity index (χ1n) is 17.5. The highest BCUT2D eigenvalue weighted by molar-refractivity contribution is 6.31. The van der Waals surface area contributed by atoms with Crippen molar-refractivity contribution in [1.82, 2.24) is 5.32 Å². The third kappa shape index (κ3) is 8.17. The van der Waals surface area contributed by atoms with E-state index in [2.05, 4.69) is 10.5 Å². The molecule has 0 spiro atoms. The quantitative estimate of drug-likeness (QED) is 0.197. The van der Waals surface area contributed by atoms with Crippen molar-refractivity contribution >= 4 is 35.1 Å². The number of oxime groups is 1. The Hall–Kier alpha value is -5.12. The second kappa shape index (κ2) is 16.5. The molecule has 292 valence electrons. The normalized spacial score (nSPS) is 33.4. The average molecular weight is 753 g/mol. The van der Waals surface area contributed by atoms with Crippen LogP contribution in [0.2, 0.25) is 0 Å². The zero-order valence-electron chi connectivity index (χ0n) is 32.0. The van der Waals surface area contributed by atoms with Crippen LogP contribution >= 0.6 is 0 Å². The molecule has 15 heteroatoms. The minimum absolute atomic E-state index is 0.0294. The van der Waals surface area contributed by atoms with Gasteiger partial charge in [-0.2, -0.15) is 0 Å². The molecule has 3 aliphatic heterocycles. The highest BCUT2D eigenvalue weighted by Gasteiger charge is 2.51. The molecule has 1 aromatic rings. The van der Waals surface area contributed by atoms with Crippen LogP contribution in [-0.4, -0.2) is 87.8 Å². The molecule has 4 aliphatic rings. The van der Waals surface area contributed by atoms with Gasteiger partial charge in [0.2, 0.25) is 5.78 Å². The Morgan fingerprint density at radius 1 is 0.926 bits per heavy atom. The van der Waals surface area contributed by atoms with Crippen LogP contribution in [0.3, 0.4) is 0 Å². The number of nitrogens with one attached hydrogen (secondary N) is 1. The van der Waals surface area contributed by atoms with Crippen LogP contribution in [0, 0.1) is 30.6 Å². The molecule has 5 rings (SSSR count). The summed E-state index contributed by atoms with van der Waals surface area (Å²) in [6.07, 6.45) is 4.34. The highest BCUT2D eigenvalue weighted by Crippen LogP contribution is 2.48. The lowest BCUT2D eigenvalue weighted by Crippen LogP contribution is -2.46. The number of esters is 1. The van der Waals surface area contributed by atoms with E-state index in [1.54, 1.807) is 39.8 Å². The van der Waals surface area contributed by atoms with Crippen molar-refractivity contribution in [3.8, 4) is 11.5 Å². The number of ether oxygens (including phenoxy) is 4. The predicted molar refractivity (Wildman–Crippen MR) is 193 cm³/mol. The Balaban J connectivity index is 1.91. The number of methoxy groups -OCH3 is 1. The third-order valence-electron chi connectivity index (χ3n) is 10.1. The SMILES string of the molecule is CO[C@H]1/C=C/O[C@@]2(C)Oc3c(C)c(O)c4c(c3/C2=N\OC(C)=O)C(=O)C=C(NC(=O)/C(C)=C\C=C\[C@H](C)[C@H](O)[C@@H](C)[C@@H](O)[C@@H](C)[C@H](OC(C)=O)[C@@H]1C)C4=O. The lowest BCUT2D eigenvalue weighted by Gasteiger charge is -2.38. The van der Waals surface area contributed by atoms with Gasteiger partial charge in [0.25, 0.3) is 11.7 Å². The summed E-state index contributed by atoms with van der Waals surface area (Å²) in [4.78, 5) is 70.1. The summed E-state index contributed by atoms with van der Waals surface area (Å²) in [5.74, 6) is -8.90. The molecule has 54 heavy (non-hydrogen) atoms. The number of nitrogens with zero attached hydrogens (tertiary/aromatic N) is 1. The lowest BCUT2D eigenvalue weighted by atomic mass is 9.78. The molecule has 0 radical (unpaired) electrons. The Bertz CT molecular complexity index is 1870. The van der Waals surface area contributed by atoms with E-state index < -0.39 is 100 Å². The molecule has 3 heterocycles. The molecule has 0 unspecified atom stereocenters. The van der Waals surface area contributed by atoms with Crippen molar-refractivity contribution in [1.29, 1.82) is 0 Å². The Kier molecular flexibility index (Phi) is 12.7. The molecule has 1 aliphatic carbocycles. The maximum Gasteiger partial charge on any atom is 0.331 e. The number of allylic oxidation sites excluding steroid dienone is 4. The summed E-state index contributed by atoms with van der Waals surface area (Å²) in [5.41, 5.74) is -1.27. The van der Waals surface area contributed by atoms with E-state index in [1.807, 2.05) is 0 Å². The van der Waals surface area contributed by atoms with E-state index in [1.165, 1.54) is 53.2 Å². The van der Waals surface area contributed by atoms with Gasteiger partial charge < -0.3 is 44.4 Å². The number of aliphatic hydroxyl groups is 2. The molecular weight excluding hydrogens is 704 g/mol. The van der Waals surface area contributed by atoms with Crippen molar-refractivity contribution in [3.05, 3.63) is 70.2 Å². The average Bonchev–Trinajstić information content (AvgIpc) is 3.41. The molecule has 1 amide bonds. The Morgan fingerprint density at radius 2 is 1.59 bits per heavy atom. The minimum Gasteiger partial charge on any atom is -0.507 e. The van der Waals surface area contributed by atoms with Gasteiger partial charge in [0, 0.05) is 68.8 Å². The zero-order valence-corrected chi connectivity index (χ0v) is 32.0. The van der Waals surface area contributed by atoms with Gasteiger partial charge in [-0.15, -0.1) is 0 Å². The summed E-state index contributed by atoms with van der Waals surface area (Å²) in [6.45, 7) is 13.5. The summed E-state index contributed by atoms with van der Waals surface area (Å²) in [7, 11) is 1.42. The minimum atomic E-state index is -1.92. The van der Waals surface area contributed by atoms with Gasteiger partial charge in [-0.3, -0.25) is 19.2 Å². The maximum absolute atomic E-state index is 13.9. The van der Waals surface area contributed by atoms with E-state index in [9.17, 15) is 39.3 Å². The van der Waals surface area contributed by atoms with Gasteiger partial charge in [0.1, 0.15) is 17.6 Å². The van der Waals surface area contributed by atoms with E-state index in [0.717, 1.165) is 13.0 Å². The molecular formula is C39H48N2O13. The number of carbonyl (C=O) groups is 5. The van der Waals surface area contributed by atoms with E-state index in [-0.39, 0.29) is 33.7 Å². The van der Waals surface area contributed by atoms with Crippen molar-refractivity contribution in [3.63, 3.8) is 0 Å². The smallest absolute Gasteiger partial charge is 0.331 e. The van der Waals surface area contributed by atoms with Crippen molar-refractivity contribution in [2.24, 2.45) is 28.8 Å². The zero-order chi connectivity index (χ0) is 40.4. The van der Waals surface area contributed by atoms with Gasteiger partial charge in [-0.1, -0.05) is 51.1 Å². The molecule has 0 aromatic heterocycles. The highest BCUT2D eigenvalue weighted by atomic mass is 16.7. The number of Topliss-reactive ketones (excluding diaryl/α,β-unsaturated/α-hetero) is 1. The third-order valence-corrected chi connectivity index (χ3v) is 10.1. The monoisotopic (exact) mass is 752 g/mol. The maximum atomic E-state index is 13.9. The molecule has 0 saturated carbocycles. The number of benzene rings is 1. The van der Waals surface area contributed by atoms with Crippen LogP contribution in [0.5, 0.6) is 11.5 Å². The van der Waals surface area contributed by atoms with Gasteiger partial charge in [-0.25, -0.2) is 4.79 Å². The Labute approximate surface area is 313 Å². The summed E-state index contributed by atoms with van der Waals surface area (Å²) in [5, 5.41) is 40.4. The van der Waals surface area contributed by atoms with E-state index in [0.29, 0.717) is 0 Å². The summed E-state index contributed by atoms with van der Waals surface area (Å²) >= 11 is 0. The first-order chi connectivity index (χ1) is 25.2. The van der Waals surface area contributed by atoms with Crippen molar-refractivity contribution in [2.45, 2.75) is 92.5 Å². The largest absolute Gasteiger partial charge is 0.507 e. The second-order valence-corrected chi connectivity index (χ2v) is 14.1. The van der Waals surface area contributed by atoms with Gasteiger partial charge in [0.05, 0.1) is 47.0 Å². The summed E-state index contributed by atoms with van der Waals surface area (Å²) in [6, 6.07) is 0. The molecule has 1 aromatic carbocycles. The van der Waals surface area contributed by atoms with Crippen LogP contribution in [0.25, 0.3) is 0 Å². The van der Waals surface area contributed by atoms with Crippen LogP contribution in [0.1, 0.15) is 87.2 Å². The van der Waals surface area contributed by atoms with Gasteiger partial charge in [-0.05, 0) is 19.9 Å². The molecule has 15 nitrogen and oxygen atoms in total. The topological polar surface area (TPSA) is 217 Å². The number of phenolic OH excluding ortho intramolecular Hbond substituents is 1. The number of aromatic hydroxyl groups is 1. The van der Waals surface area contributed by atoms with Crippen LogP contribution in [-0.2, 0) is 33.4 Å². The number of amides is 1. The summed E-state index contributed by atoms with van der Waals surface area (Å²) < 4.78 is 23.7. The van der Waals surface area contributed by atoms with Crippen molar-refractivity contribution in [2.75, 3.05) is 7.11 Å². The van der Waals surface area contributed by atoms with Gasteiger partial charge >= 0.3 is 11.9 Å². The number of rotatable bonds is 3. The van der Waals surface area contributed by atoms with Gasteiger partial charge in [0.15, 0.2) is 11.5 Å². The number of phenols is 1. The lowest BCUT2D eigenvalue weighted by molar-refractivity contribution is -0.160. The van der Waals surface area contributed by atoms with E-state index >= 15 is 0 Å². The molecule has 5 bridgehead atoms. The first-order valence-corrected chi connectivity index (χ1v) is 17.5. The molecule has 0 saturated heterocycles. The van der Waals surface area contributed by atoms with Crippen molar-refractivity contribution < 1.29 is 63.1 Å². The standard InChI is InChI=1S/C39H48N2O13/c1-17-12-11-13-18(2)38(49)40-25-16-26(44)28-29(34(25)48)33(47)22(6)36-30(28)37(41-54-24(8)43)39(9,53-36)51-15-14-27(50-10)19(3)35(52-23(7)42)21(5)32(46)20(4)31(17)45/h11-17,19-21,27,31-32,35,45-47H,1-10H3,(H,40,49)/b12-11+,15-14+,18-13-,41-37+/t17-,19+,20+,21+,27-,31-,32+,35+,39-/m0/s1. The number of ketones is 2. The fourth-order valence-electron chi connectivity index (χ4n) is 6.87. The number of hydrogen-bond donors (Lipinski definition) is 4.